The normalized spacial score (nSPS) is 9.92. The molecule has 0 aliphatic carbocycles. The first kappa shape index (κ1) is 16.9. The molecule has 8 heteroatoms. The molecular weight excluding hydrogens is 318 g/mol. The van der Waals surface area contributed by atoms with Crippen LogP contribution in [0.15, 0.2) is 42.5 Å². The second-order valence-corrected chi connectivity index (χ2v) is 4.52. The first-order chi connectivity index (χ1) is 11.5. The molecule has 0 N–H and O–H groups in total. The highest BCUT2D eigenvalue weighted by atomic mass is 16.6. The van der Waals surface area contributed by atoms with Crippen molar-refractivity contribution in [3.8, 4) is 11.5 Å². The van der Waals surface area contributed by atoms with Crippen LogP contribution >= 0.6 is 0 Å². The van der Waals surface area contributed by atoms with Crippen molar-refractivity contribution < 1.29 is 28.7 Å². The van der Waals surface area contributed by atoms with Gasteiger partial charge in [0.2, 0.25) is 5.75 Å². The highest BCUT2D eigenvalue weighted by Gasteiger charge is 2.21. The molecule has 24 heavy (non-hydrogen) atoms. The molecule has 0 aliphatic rings. The predicted molar refractivity (Wildman–Crippen MR) is 82.3 cm³/mol. The Hall–Kier alpha value is -3.42. The summed E-state index contributed by atoms with van der Waals surface area (Å²) in [6.45, 7) is 0. The first-order valence-corrected chi connectivity index (χ1v) is 6.70. The average molecular weight is 331 g/mol. The first-order valence-electron chi connectivity index (χ1n) is 6.70. The number of rotatable bonds is 5. The van der Waals surface area contributed by atoms with E-state index in [9.17, 15) is 19.7 Å². The lowest BCUT2D eigenvalue weighted by Crippen LogP contribution is -2.05. The van der Waals surface area contributed by atoms with Crippen LogP contribution in [0.3, 0.4) is 0 Å². The quantitative estimate of drug-likeness (QED) is 0.471. The summed E-state index contributed by atoms with van der Waals surface area (Å²) in [7, 11) is 2.39. The van der Waals surface area contributed by atoms with Crippen molar-refractivity contribution in [2.24, 2.45) is 0 Å². The Bertz CT molecular complexity index is 801. The van der Waals surface area contributed by atoms with Gasteiger partial charge in [0.1, 0.15) is 11.3 Å². The molecule has 0 saturated heterocycles. The van der Waals surface area contributed by atoms with E-state index < -0.39 is 22.5 Å². The van der Waals surface area contributed by atoms with E-state index in [1.807, 2.05) is 0 Å². The fraction of sp³-hybridized carbons (Fsp3) is 0.125. The van der Waals surface area contributed by atoms with Gasteiger partial charge in [-0.2, -0.15) is 0 Å². The maximum Gasteiger partial charge on any atom is 0.341 e. The van der Waals surface area contributed by atoms with Gasteiger partial charge in [-0.05, 0) is 24.3 Å². The number of para-hydroxylation sites is 1. The summed E-state index contributed by atoms with van der Waals surface area (Å²) < 4.78 is 14.7. The molecule has 0 aromatic heterocycles. The summed E-state index contributed by atoms with van der Waals surface area (Å²) in [6, 6.07) is 9.79. The van der Waals surface area contributed by atoms with Gasteiger partial charge in [0.25, 0.3) is 0 Å². The molecule has 0 heterocycles. The van der Waals surface area contributed by atoms with Crippen molar-refractivity contribution in [3.63, 3.8) is 0 Å². The summed E-state index contributed by atoms with van der Waals surface area (Å²) in [6.07, 6.45) is 0. The maximum absolute atomic E-state index is 11.7. The van der Waals surface area contributed by atoms with Crippen LogP contribution in [0.25, 0.3) is 0 Å². The summed E-state index contributed by atoms with van der Waals surface area (Å²) >= 11 is 0. The molecule has 0 aliphatic heterocycles. The third-order valence-corrected chi connectivity index (χ3v) is 3.09. The summed E-state index contributed by atoms with van der Waals surface area (Å²) in [5, 5.41) is 11.2. The SMILES string of the molecule is COC(=O)c1ccc(Oc2ccccc2C(=O)OC)c([N+](=O)[O-])c1. The smallest absolute Gasteiger partial charge is 0.341 e. The Labute approximate surface area is 136 Å². The Morgan fingerprint density at radius 3 is 2.25 bits per heavy atom. The molecule has 0 atom stereocenters. The molecule has 0 radical (unpaired) electrons. The zero-order valence-corrected chi connectivity index (χ0v) is 12.8. The number of methoxy groups -OCH3 is 2. The molecular formula is C16H13NO7. The molecule has 124 valence electrons. The largest absolute Gasteiger partial charge is 0.465 e. The van der Waals surface area contributed by atoms with Crippen molar-refractivity contribution in [3.05, 3.63) is 63.7 Å². The standard InChI is InChI=1S/C16H13NO7/c1-22-15(18)10-7-8-14(12(9-10)17(20)21)24-13-6-4-3-5-11(13)16(19)23-2/h3-9H,1-2H3. The minimum absolute atomic E-state index is 0.0119. The highest BCUT2D eigenvalue weighted by molar-refractivity contribution is 5.93. The van der Waals surface area contributed by atoms with Crippen molar-refractivity contribution in [2.45, 2.75) is 0 Å². The van der Waals surface area contributed by atoms with E-state index in [4.69, 9.17) is 4.74 Å². The van der Waals surface area contributed by atoms with E-state index in [0.29, 0.717) is 0 Å². The molecule has 0 fully saturated rings. The third kappa shape index (κ3) is 3.49. The lowest BCUT2D eigenvalue weighted by atomic mass is 10.1. The van der Waals surface area contributed by atoms with Crippen LogP contribution in [0.2, 0.25) is 0 Å². The second kappa shape index (κ2) is 7.23. The van der Waals surface area contributed by atoms with Gasteiger partial charge < -0.3 is 14.2 Å². The van der Waals surface area contributed by atoms with E-state index in [2.05, 4.69) is 9.47 Å². The Balaban J connectivity index is 2.45. The number of ether oxygens (including phenoxy) is 3. The molecule has 0 spiro atoms. The monoisotopic (exact) mass is 331 g/mol. The van der Waals surface area contributed by atoms with E-state index >= 15 is 0 Å². The Morgan fingerprint density at radius 1 is 0.958 bits per heavy atom. The number of benzene rings is 2. The van der Waals surface area contributed by atoms with Crippen molar-refractivity contribution in [1.82, 2.24) is 0 Å². The number of nitrogens with zero attached hydrogens (tertiary/aromatic N) is 1. The number of nitro groups is 1. The maximum atomic E-state index is 11.7. The van der Waals surface area contributed by atoms with Crippen molar-refractivity contribution in [2.75, 3.05) is 14.2 Å². The topological polar surface area (TPSA) is 105 Å². The third-order valence-electron chi connectivity index (χ3n) is 3.09. The van der Waals surface area contributed by atoms with Crippen LogP contribution < -0.4 is 4.74 Å². The molecule has 0 saturated carbocycles. The van der Waals surface area contributed by atoms with E-state index in [-0.39, 0.29) is 22.6 Å². The molecule has 2 aromatic rings. The number of carbonyl (C=O) groups is 2. The molecule has 2 aromatic carbocycles. The second-order valence-electron chi connectivity index (χ2n) is 4.52. The minimum Gasteiger partial charge on any atom is -0.465 e. The summed E-state index contributed by atoms with van der Waals surface area (Å²) in [5.74, 6) is -1.37. The van der Waals surface area contributed by atoms with Gasteiger partial charge in [0.05, 0.1) is 24.7 Å². The fourth-order valence-electron chi connectivity index (χ4n) is 1.94. The van der Waals surface area contributed by atoms with Crippen LogP contribution in [0.4, 0.5) is 5.69 Å². The van der Waals surface area contributed by atoms with Crippen molar-refractivity contribution in [1.29, 1.82) is 0 Å². The predicted octanol–water partition coefficient (Wildman–Crippen LogP) is 2.96. The van der Waals surface area contributed by atoms with Crippen LogP contribution in [0.1, 0.15) is 20.7 Å². The highest BCUT2D eigenvalue weighted by Crippen LogP contribution is 2.34. The fourth-order valence-corrected chi connectivity index (χ4v) is 1.94. The van der Waals surface area contributed by atoms with Gasteiger partial charge in [-0.15, -0.1) is 0 Å². The summed E-state index contributed by atoms with van der Waals surface area (Å²) in [4.78, 5) is 33.8. The van der Waals surface area contributed by atoms with E-state index in [1.54, 1.807) is 12.1 Å². The molecule has 0 amide bonds. The number of nitro benzene ring substituents is 1. The lowest BCUT2D eigenvalue weighted by molar-refractivity contribution is -0.385. The van der Waals surface area contributed by atoms with Gasteiger partial charge in [0.15, 0.2) is 0 Å². The van der Waals surface area contributed by atoms with Gasteiger partial charge in [0, 0.05) is 6.07 Å². The number of carbonyl (C=O) groups excluding carboxylic acids is 2. The van der Waals surface area contributed by atoms with Crippen molar-refractivity contribution >= 4 is 17.6 Å². The van der Waals surface area contributed by atoms with Gasteiger partial charge in [-0.3, -0.25) is 10.1 Å². The average Bonchev–Trinajstić information content (AvgIpc) is 2.61. The molecule has 0 unspecified atom stereocenters. The van der Waals surface area contributed by atoms with Crippen LogP contribution in [0.5, 0.6) is 11.5 Å². The number of hydrogen-bond acceptors (Lipinski definition) is 7. The Kier molecular flexibility index (Phi) is 5.10. The van der Waals surface area contributed by atoms with Gasteiger partial charge in [-0.1, -0.05) is 12.1 Å². The lowest BCUT2D eigenvalue weighted by Gasteiger charge is -2.10. The molecule has 0 bridgehead atoms. The Morgan fingerprint density at radius 2 is 1.62 bits per heavy atom. The van der Waals surface area contributed by atoms with E-state index in [1.165, 1.54) is 38.5 Å². The zero-order valence-electron chi connectivity index (χ0n) is 12.8. The zero-order chi connectivity index (χ0) is 17.7. The van der Waals surface area contributed by atoms with E-state index in [0.717, 1.165) is 6.07 Å². The number of esters is 2. The molecule has 8 nitrogen and oxygen atoms in total. The van der Waals surface area contributed by atoms with Crippen LogP contribution in [-0.2, 0) is 9.47 Å². The number of hydrogen-bond donors (Lipinski definition) is 0. The van der Waals surface area contributed by atoms with Gasteiger partial charge in [-0.25, -0.2) is 9.59 Å². The minimum atomic E-state index is -0.709. The van der Waals surface area contributed by atoms with Crippen LogP contribution in [-0.4, -0.2) is 31.1 Å². The van der Waals surface area contributed by atoms with Crippen LogP contribution in [0, 0.1) is 10.1 Å². The molecule has 2 rings (SSSR count). The van der Waals surface area contributed by atoms with Gasteiger partial charge >= 0.3 is 17.6 Å². The summed E-state index contributed by atoms with van der Waals surface area (Å²) in [5.41, 5.74) is -0.304.